The molecule has 0 radical (unpaired) electrons. The molecule has 1 aliphatic heterocycles. The van der Waals surface area contributed by atoms with Crippen LogP contribution in [0, 0.1) is 13.8 Å². The van der Waals surface area contributed by atoms with Crippen LogP contribution in [0.3, 0.4) is 0 Å². The number of aryl methyl sites for hydroxylation is 1. The lowest BCUT2D eigenvalue weighted by Crippen LogP contribution is -2.44. The quantitative estimate of drug-likeness (QED) is 0.839. The van der Waals surface area contributed by atoms with Gasteiger partial charge in [0.2, 0.25) is 0 Å². The fourth-order valence-electron chi connectivity index (χ4n) is 2.09. The van der Waals surface area contributed by atoms with Crippen LogP contribution < -0.4 is 5.32 Å². The number of benzene rings is 1. The predicted molar refractivity (Wildman–Crippen MR) is 63.6 cm³/mol. The molecule has 0 unspecified atom stereocenters. The van der Waals surface area contributed by atoms with Crippen molar-refractivity contribution >= 4 is 5.91 Å². The maximum Gasteiger partial charge on any atom is 0.285 e. The number of carbonyl (C=O) groups is 1. The zero-order valence-electron chi connectivity index (χ0n) is 10.4. The van der Waals surface area contributed by atoms with Crippen molar-refractivity contribution in [1.82, 2.24) is 5.32 Å². The first-order valence-electron chi connectivity index (χ1n) is 5.68. The Morgan fingerprint density at radius 3 is 2.53 bits per heavy atom. The van der Waals surface area contributed by atoms with Crippen molar-refractivity contribution in [1.29, 1.82) is 0 Å². The van der Waals surface area contributed by atoms with E-state index < -0.39 is 5.79 Å². The third-order valence-electron chi connectivity index (χ3n) is 3.18. The predicted octanol–water partition coefficient (Wildman–Crippen LogP) is 1.25. The number of rotatable bonds is 2. The molecule has 1 fully saturated rings. The highest BCUT2D eigenvalue weighted by Gasteiger charge is 2.46. The van der Waals surface area contributed by atoms with Gasteiger partial charge >= 0.3 is 0 Å². The number of amides is 1. The normalized spacial score (nSPS) is 18.1. The minimum atomic E-state index is -1.27. The van der Waals surface area contributed by atoms with Gasteiger partial charge in [0, 0.05) is 12.6 Å². The minimum Gasteiger partial charge on any atom is -0.354 e. The van der Waals surface area contributed by atoms with E-state index in [9.17, 15) is 4.79 Å². The average molecular weight is 235 g/mol. The Bertz CT molecular complexity index is 436. The molecule has 4 heteroatoms. The molecule has 1 amide bonds. The van der Waals surface area contributed by atoms with Crippen LogP contribution in [0.15, 0.2) is 18.2 Å². The molecule has 0 aliphatic carbocycles. The van der Waals surface area contributed by atoms with Crippen LogP contribution in [0.25, 0.3) is 0 Å². The lowest BCUT2D eigenvalue weighted by atomic mass is 9.96. The Labute approximate surface area is 101 Å². The van der Waals surface area contributed by atoms with Gasteiger partial charge in [-0.3, -0.25) is 4.79 Å². The minimum absolute atomic E-state index is 0.260. The summed E-state index contributed by atoms with van der Waals surface area (Å²) in [5.41, 5.74) is 2.93. The van der Waals surface area contributed by atoms with E-state index in [2.05, 4.69) is 5.32 Å². The molecule has 4 nitrogen and oxygen atoms in total. The molecular formula is C13H17NO3. The van der Waals surface area contributed by atoms with E-state index in [0.717, 1.165) is 16.7 Å². The maximum atomic E-state index is 12.0. The fraction of sp³-hybridized carbons (Fsp3) is 0.462. The Morgan fingerprint density at radius 2 is 1.94 bits per heavy atom. The van der Waals surface area contributed by atoms with Crippen molar-refractivity contribution < 1.29 is 14.3 Å². The number of hydrogen-bond donors (Lipinski definition) is 1. The van der Waals surface area contributed by atoms with E-state index >= 15 is 0 Å². The van der Waals surface area contributed by atoms with Crippen molar-refractivity contribution in [3.63, 3.8) is 0 Å². The fourth-order valence-corrected chi connectivity index (χ4v) is 2.09. The number of ether oxygens (including phenoxy) is 2. The van der Waals surface area contributed by atoms with Gasteiger partial charge in [-0.2, -0.15) is 0 Å². The Morgan fingerprint density at radius 1 is 1.29 bits per heavy atom. The van der Waals surface area contributed by atoms with Gasteiger partial charge in [-0.25, -0.2) is 0 Å². The topological polar surface area (TPSA) is 47.6 Å². The summed E-state index contributed by atoms with van der Waals surface area (Å²) >= 11 is 0. The van der Waals surface area contributed by atoms with E-state index in [0.29, 0.717) is 13.2 Å². The summed E-state index contributed by atoms with van der Waals surface area (Å²) in [6.07, 6.45) is 0. The number of likely N-dealkylation sites (N-methyl/N-ethyl adjacent to an activating group) is 1. The van der Waals surface area contributed by atoms with Crippen LogP contribution in [-0.4, -0.2) is 26.2 Å². The first-order valence-corrected chi connectivity index (χ1v) is 5.68. The summed E-state index contributed by atoms with van der Waals surface area (Å²) in [6, 6.07) is 5.79. The van der Waals surface area contributed by atoms with Crippen LogP contribution in [0.5, 0.6) is 0 Å². The largest absolute Gasteiger partial charge is 0.354 e. The lowest BCUT2D eigenvalue weighted by Gasteiger charge is -2.27. The van der Waals surface area contributed by atoms with Gasteiger partial charge in [-0.1, -0.05) is 18.2 Å². The second kappa shape index (κ2) is 4.47. The summed E-state index contributed by atoms with van der Waals surface area (Å²) in [6.45, 7) is 4.84. The third-order valence-corrected chi connectivity index (χ3v) is 3.18. The molecule has 0 bridgehead atoms. The first kappa shape index (κ1) is 12.1. The van der Waals surface area contributed by atoms with Gasteiger partial charge in [0.25, 0.3) is 11.7 Å². The van der Waals surface area contributed by atoms with E-state index in [1.165, 1.54) is 0 Å². The summed E-state index contributed by atoms with van der Waals surface area (Å²) < 4.78 is 11.2. The highest BCUT2D eigenvalue weighted by atomic mass is 16.7. The van der Waals surface area contributed by atoms with Crippen molar-refractivity contribution in [2.75, 3.05) is 20.3 Å². The van der Waals surface area contributed by atoms with Gasteiger partial charge in [0.15, 0.2) is 0 Å². The number of hydrogen-bond acceptors (Lipinski definition) is 3. The Hall–Kier alpha value is -1.39. The van der Waals surface area contributed by atoms with Crippen LogP contribution in [-0.2, 0) is 20.1 Å². The van der Waals surface area contributed by atoms with Gasteiger partial charge in [0.1, 0.15) is 0 Å². The van der Waals surface area contributed by atoms with E-state index in [-0.39, 0.29) is 5.91 Å². The molecule has 1 saturated heterocycles. The van der Waals surface area contributed by atoms with Gasteiger partial charge < -0.3 is 14.8 Å². The molecule has 0 aromatic heterocycles. The Kier molecular flexibility index (Phi) is 3.17. The lowest BCUT2D eigenvalue weighted by molar-refractivity contribution is -0.187. The van der Waals surface area contributed by atoms with Crippen LogP contribution in [0.4, 0.5) is 0 Å². The zero-order valence-corrected chi connectivity index (χ0v) is 10.4. The second-order valence-electron chi connectivity index (χ2n) is 4.14. The summed E-state index contributed by atoms with van der Waals surface area (Å²) in [5.74, 6) is -1.53. The average Bonchev–Trinajstić information content (AvgIpc) is 2.82. The van der Waals surface area contributed by atoms with Crippen molar-refractivity contribution in [2.24, 2.45) is 0 Å². The van der Waals surface area contributed by atoms with E-state index in [4.69, 9.17) is 9.47 Å². The molecule has 1 heterocycles. The Balaban J connectivity index is 2.53. The number of nitrogens with one attached hydrogen (secondary N) is 1. The molecule has 0 atom stereocenters. The van der Waals surface area contributed by atoms with Gasteiger partial charge in [0.05, 0.1) is 13.2 Å². The SMILES string of the molecule is CNC(=O)C1(c2cccc(C)c2C)OCCO1. The summed E-state index contributed by atoms with van der Waals surface area (Å²) in [4.78, 5) is 12.0. The van der Waals surface area contributed by atoms with Crippen molar-refractivity contribution in [2.45, 2.75) is 19.6 Å². The van der Waals surface area contributed by atoms with Crippen molar-refractivity contribution in [3.05, 3.63) is 34.9 Å². The van der Waals surface area contributed by atoms with Crippen LogP contribution >= 0.6 is 0 Å². The maximum absolute atomic E-state index is 12.0. The van der Waals surface area contributed by atoms with Crippen molar-refractivity contribution in [3.8, 4) is 0 Å². The molecule has 1 aromatic rings. The molecule has 92 valence electrons. The molecule has 2 rings (SSSR count). The summed E-state index contributed by atoms with van der Waals surface area (Å²) in [5, 5.41) is 2.60. The standard InChI is InChI=1S/C13H17NO3/c1-9-5-4-6-11(10(9)2)13(12(15)14-3)16-7-8-17-13/h4-6H,7-8H2,1-3H3,(H,14,15). The molecule has 17 heavy (non-hydrogen) atoms. The number of carbonyl (C=O) groups excluding carboxylic acids is 1. The second-order valence-corrected chi connectivity index (χ2v) is 4.14. The molecular weight excluding hydrogens is 218 g/mol. The van der Waals surface area contributed by atoms with Crippen LogP contribution in [0.2, 0.25) is 0 Å². The molecule has 1 aliphatic rings. The molecule has 1 N–H and O–H groups in total. The third kappa shape index (κ3) is 1.83. The van der Waals surface area contributed by atoms with E-state index in [1.54, 1.807) is 7.05 Å². The zero-order chi connectivity index (χ0) is 12.5. The molecule has 0 spiro atoms. The molecule has 0 saturated carbocycles. The highest BCUT2D eigenvalue weighted by Crippen LogP contribution is 2.34. The smallest absolute Gasteiger partial charge is 0.285 e. The van der Waals surface area contributed by atoms with Gasteiger partial charge in [-0.05, 0) is 25.0 Å². The van der Waals surface area contributed by atoms with E-state index in [1.807, 2.05) is 32.0 Å². The highest BCUT2D eigenvalue weighted by molar-refractivity contribution is 5.85. The van der Waals surface area contributed by atoms with Gasteiger partial charge in [-0.15, -0.1) is 0 Å². The summed E-state index contributed by atoms with van der Waals surface area (Å²) in [7, 11) is 1.58. The van der Waals surface area contributed by atoms with Crippen LogP contribution in [0.1, 0.15) is 16.7 Å². The monoisotopic (exact) mass is 235 g/mol. The first-order chi connectivity index (χ1) is 8.12. The molecule has 1 aromatic carbocycles.